The number of carbonyl (C=O) groups is 1. The summed E-state index contributed by atoms with van der Waals surface area (Å²) in [5, 5.41) is 0. The second kappa shape index (κ2) is 51.2. The molecule has 0 unspecified atom stereocenters. The molecule has 0 aromatic heterocycles. The van der Waals surface area contributed by atoms with Gasteiger partial charge in [-0.1, -0.05) is 315 Å². The second-order valence-corrected chi connectivity index (χ2v) is 18.0. The Morgan fingerprint density at radius 2 is 0.436 bits per heavy atom. The Labute approximate surface area is 348 Å². The average Bonchev–Trinajstić information content (AvgIpc) is 3.20. The van der Waals surface area contributed by atoms with Gasteiger partial charge in [-0.15, -0.1) is 0 Å². The molecule has 0 aromatic rings. The van der Waals surface area contributed by atoms with E-state index in [2.05, 4.69) is 13.5 Å². The van der Waals surface area contributed by atoms with Crippen LogP contribution in [0.2, 0.25) is 0 Å². The van der Waals surface area contributed by atoms with Gasteiger partial charge >= 0.3 is 5.97 Å². The van der Waals surface area contributed by atoms with Crippen LogP contribution >= 0.6 is 0 Å². The molecule has 0 amide bonds. The van der Waals surface area contributed by atoms with Gasteiger partial charge in [-0.25, -0.2) is 4.79 Å². The Bertz CT molecular complexity index is 701. The number of esters is 1. The zero-order valence-electron chi connectivity index (χ0n) is 38.2. The van der Waals surface area contributed by atoms with Crippen LogP contribution in [0.5, 0.6) is 0 Å². The van der Waals surface area contributed by atoms with Gasteiger partial charge in [-0.05, 0) is 6.42 Å². The first-order valence-corrected chi connectivity index (χ1v) is 26.1. The zero-order chi connectivity index (χ0) is 39.6. The molecule has 0 aliphatic carbocycles. The molecule has 0 saturated heterocycles. The number of hydrogen-bond donors (Lipinski definition) is 0. The van der Waals surface area contributed by atoms with Crippen molar-refractivity contribution in [3.63, 3.8) is 0 Å². The molecule has 0 rings (SSSR count). The molecule has 2 nitrogen and oxygen atoms in total. The predicted octanol–water partition coefficient (Wildman–Crippen LogP) is 19.5. The highest BCUT2D eigenvalue weighted by Crippen LogP contribution is 2.18. The van der Waals surface area contributed by atoms with Crippen molar-refractivity contribution in [3.8, 4) is 0 Å². The molecule has 2 heteroatoms. The minimum atomic E-state index is -0.294. The Balaban J connectivity index is 3.06. The standard InChI is InChI=1S/C53H104O2/c1-3-5-6-7-8-9-10-11-12-13-14-15-16-17-18-19-20-21-22-23-24-25-26-27-28-29-30-31-32-33-34-35-36-37-38-39-40-41-42-43-44-45-46-47-48-49-50-51-52-55-53(54)4-2/h4H,2-3,5-52H2,1H3. The molecule has 0 heterocycles. The highest BCUT2D eigenvalue weighted by Gasteiger charge is 1.99. The minimum absolute atomic E-state index is 0.294. The highest BCUT2D eigenvalue weighted by atomic mass is 16.5. The molecule has 0 N–H and O–H groups in total. The molecule has 0 bridgehead atoms. The normalized spacial score (nSPS) is 11.4. The van der Waals surface area contributed by atoms with Crippen LogP contribution in [-0.4, -0.2) is 12.6 Å². The van der Waals surface area contributed by atoms with Crippen molar-refractivity contribution >= 4 is 5.97 Å². The molecular weight excluding hydrogens is 669 g/mol. The summed E-state index contributed by atoms with van der Waals surface area (Å²) >= 11 is 0. The van der Waals surface area contributed by atoms with E-state index in [1.165, 1.54) is 308 Å². The average molecular weight is 773 g/mol. The molecule has 0 fully saturated rings. The Hall–Kier alpha value is -0.790. The Morgan fingerprint density at radius 1 is 0.291 bits per heavy atom. The lowest BCUT2D eigenvalue weighted by Gasteiger charge is -2.05. The third kappa shape index (κ3) is 51.2. The number of ether oxygens (including phenoxy) is 1. The van der Waals surface area contributed by atoms with E-state index in [4.69, 9.17) is 4.74 Å². The highest BCUT2D eigenvalue weighted by molar-refractivity contribution is 5.81. The first-order chi connectivity index (χ1) is 27.3. The number of hydrogen-bond acceptors (Lipinski definition) is 2. The van der Waals surface area contributed by atoms with E-state index in [0.717, 1.165) is 6.42 Å². The van der Waals surface area contributed by atoms with E-state index >= 15 is 0 Å². The monoisotopic (exact) mass is 773 g/mol. The third-order valence-electron chi connectivity index (χ3n) is 12.4. The fourth-order valence-electron chi connectivity index (χ4n) is 8.54. The van der Waals surface area contributed by atoms with Crippen LogP contribution in [0.4, 0.5) is 0 Å². The van der Waals surface area contributed by atoms with Crippen LogP contribution < -0.4 is 0 Å². The second-order valence-electron chi connectivity index (χ2n) is 18.0. The van der Waals surface area contributed by atoms with E-state index < -0.39 is 0 Å². The van der Waals surface area contributed by atoms with Gasteiger partial charge in [0, 0.05) is 6.08 Å². The lowest BCUT2D eigenvalue weighted by molar-refractivity contribution is -0.137. The van der Waals surface area contributed by atoms with Crippen molar-refractivity contribution in [1.82, 2.24) is 0 Å². The van der Waals surface area contributed by atoms with E-state index in [9.17, 15) is 4.79 Å². The smallest absolute Gasteiger partial charge is 0.330 e. The maximum Gasteiger partial charge on any atom is 0.330 e. The van der Waals surface area contributed by atoms with Gasteiger partial charge in [0.2, 0.25) is 0 Å². The fraction of sp³-hybridized carbons (Fsp3) is 0.943. The molecule has 0 spiro atoms. The summed E-state index contributed by atoms with van der Waals surface area (Å²) in [6, 6.07) is 0. The number of rotatable bonds is 50. The summed E-state index contributed by atoms with van der Waals surface area (Å²) in [6.07, 6.45) is 70.7. The van der Waals surface area contributed by atoms with Crippen LogP contribution in [0.15, 0.2) is 12.7 Å². The molecule has 0 aliphatic rings. The van der Waals surface area contributed by atoms with E-state index in [0.29, 0.717) is 6.61 Å². The third-order valence-corrected chi connectivity index (χ3v) is 12.4. The van der Waals surface area contributed by atoms with Crippen LogP contribution in [0.25, 0.3) is 0 Å². The van der Waals surface area contributed by atoms with Crippen LogP contribution in [-0.2, 0) is 9.53 Å². The van der Waals surface area contributed by atoms with E-state index in [1.807, 2.05) is 0 Å². The van der Waals surface area contributed by atoms with Crippen LogP contribution in [0.3, 0.4) is 0 Å². The molecule has 55 heavy (non-hydrogen) atoms. The predicted molar refractivity (Wildman–Crippen MR) is 248 cm³/mol. The van der Waals surface area contributed by atoms with E-state index in [-0.39, 0.29) is 5.97 Å². The maximum absolute atomic E-state index is 11.0. The van der Waals surface area contributed by atoms with Crippen LogP contribution in [0, 0.1) is 0 Å². The first-order valence-electron chi connectivity index (χ1n) is 26.1. The van der Waals surface area contributed by atoms with Crippen LogP contribution in [0.1, 0.15) is 315 Å². The number of unbranched alkanes of at least 4 members (excludes halogenated alkanes) is 47. The molecule has 0 aromatic carbocycles. The summed E-state index contributed by atoms with van der Waals surface area (Å²) in [7, 11) is 0. The van der Waals surface area contributed by atoms with Gasteiger partial charge in [0.1, 0.15) is 0 Å². The quantitative estimate of drug-likeness (QED) is 0.0350. The SMILES string of the molecule is C=CC(=O)OCCCCCCCCCCCCCCCCCCCCCCCCCCCCCCCCCCCCCCCCCCCCCCCCCC. The molecule has 0 atom stereocenters. The summed E-state index contributed by atoms with van der Waals surface area (Å²) < 4.78 is 5.02. The van der Waals surface area contributed by atoms with Gasteiger partial charge in [0.05, 0.1) is 6.61 Å². The lowest BCUT2D eigenvalue weighted by atomic mass is 10.0. The van der Waals surface area contributed by atoms with Gasteiger partial charge in [0.15, 0.2) is 0 Å². The molecule has 0 saturated carbocycles. The topological polar surface area (TPSA) is 26.3 Å². The van der Waals surface area contributed by atoms with Gasteiger partial charge in [-0.2, -0.15) is 0 Å². The summed E-state index contributed by atoms with van der Waals surface area (Å²) in [4.78, 5) is 11.0. The van der Waals surface area contributed by atoms with E-state index in [1.54, 1.807) is 0 Å². The molecule has 328 valence electrons. The molecular formula is C53H104O2. The van der Waals surface area contributed by atoms with Gasteiger partial charge < -0.3 is 4.74 Å². The summed E-state index contributed by atoms with van der Waals surface area (Å²) in [5.74, 6) is -0.294. The maximum atomic E-state index is 11.0. The minimum Gasteiger partial charge on any atom is -0.463 e. The van der Waals surface area contributed by atoms with Gasteiger partial charge in [-0.3, -0.25) is 0 Å². The number of carbonyl (C=O) groups excluding carboxylic acids is 1. The van der Waals surface area contributed by atoms with Crippen molar-refractivity contribution in [3.05, 3.63) is 12.7 Å². The largest absolute Gasteiger partial charge is 0.463 e. The Kier molecular flexibility index (Phi) is 50.5. The van der Waals surface area contributed by atoms with Crippen molar-refractivity contribution in [2.45, 2.75) is 315 Å². The summed E-state index contributed by atoms with van der Waals surface area (Å²) in [5.41, 5.74) is 0. The van der Waals surface area contributed by atoms with Crippen molar-refractivity contribution in [1.29, 1.82) is 0 Å². The fourth-order valence-corrected chi connectivity index (χ4v) is 8.54. The van der Waals surface area contributed by atoms with Gasteiger partial charge in [0.25, 0.3) is 0 Å². The van der Waals surface area contributed by atoms with Crippen molar-refractivity contribution in [2.75, 3.05) is 6.61 Å². The zero-order valence-corrected chi connectivity index (χ0v) is 38.2. The lowest BCUT2D eigenvalue weighted by Crippen LogP contribution is -2.01. The summed E-state index contributed by atoms with van der Waals surface area (Å²) in [6.45, 7) is 6.28. The first kappa shape index (κ1) is 54.2. The van der Waals surface area contributed by atoms with Crippen molar-refractivity contribution < 1.29 is 9.53 Å². The molecule has 0 radical (unpaired) electrons. The Morgan fingerprint density at radius 3 is 0.582 bits per heavy atom. The molecule has 0 aliphatic heterocycles. The van der Waals surface area contributed by atoms with Crippen molar-refractivity contribution in [2.24, 2.45) is 0 Å².